The summed E-state index contributed by atoms with van der Waals surface area (Å²) in [5, 5.41) is 7.42. The summed E-state index contributed by atoms with van der Waals surface area (Å²) in [5.74, 6) is -0.833. The van der Waals surface area contributed by atoms with Crippen LogP contribution in [-0.2, 0) is 9.22 Å². The summed E-state index contributed by atoms with van der Waals surface area (Å²) >= 11 is 0. The maximum absolute atomic E-state index is 9.00. The van der Waals surface area contributed by atoms with E-state index in [0.29, 0.717) is 0 Å². The van der Waals surface area contributed by atoms with Gasteiger partial charge in [0.05, 0.1) is 0 Å². The molecule has 44 valence electrons. The highest BCUT2D eigenvalue weighted by atomic mass is 28.2. The number of carbonyl (C=O) groups is 1. The molecule has 3 nitrogen and oxygen atoms in total. The molecule has 0 fully saturated rings. The molecule has 0 aliphatic rings. The number of hydrogen-bond donors (Lipinski definition) is 1. The lowest BCUT2D eigenvalue weighted by Gasteiger charge is -1.61. The van der Waals surface area contributed by atoms with Crippen molar-refractivity contribution in [3.63, 3.8) is 0 Å². The third kappa shape index (κ3) is 602. The van der Waals surface area contributed by atoms with Crippen LogP contribution in [0.5, 0.6) is 0 Å². The minimum Gasteiger partial charge on any atom is -0.481 e. The quantitative estimate of drug-likeness (QED) is 0.419. The fourth-order valence-electron chi connectivity index (χ4n) is 0. The van der Waals surface area contributed by atoms with Crippen molar-refractivity contribution in [2.24, 2.45) is 0 Å². The maximum Gasteiger partial charge on any atom is 0.300 e. The van der Waals surface area contributed by atoms with Crippen LogP contribution in [0.15, 0.2) is 0 Å². The molecule has 0 heterocycles. The Kier molecular flexibility index (Phi) is 12.9. The van der Waals surface area contributed by atoms with E-state index in [9.17, 15) is 0 Å². The van der Waals surface area contributed by atoms with Crippen molar-refractivity contribution in [1.82, 2.24) is 0 Å². The average Bonchev–Trinajstić information content (AvgIpc) is 1.33. The van der Waals surface area contributed by atoms with E-state index in [0.717, 1.165) is 17.4 Å². The molecule has 0 aliphatic carbocycles. The molecular weight excluding hydrogens is 112 g/mol. The highest BCUT2D eigenvalue weighted by molar-refractivity contribution is 5.97. The Bertz CT molecular complexity index is 41.4. The first-order valence-electron chi connectivity index (χ1n) is 1.74. The molecule has 0 saturated carbocycles. The second-order valence-corrected chi connectivity index (χ2v) is 1.74. The molecule has 0 aromatic heterocycles. The van der Waals surface area contributed by atoms with Crippen molar-refractivity contribution in [2.45, 2.75) is 6.92 Å². The molecular formula is C3H10O3Si. The van der Waals surface area contributed by atoms with Gasteiger partial charge in [-0.15, -0.1) is 0 Å². The van der Waals surface area contributed by atoms with E-state index in [-0.39, 0.29) is 0 Å². The van der Waals surface area contributed by atoms with E-state index in [2.05, 4.69) is 4.43 Å². The van der Waals surface area contributed by atoms with Gasteiger partial charge in [0.2, 0.25) is 0 Å². The van der Waals surface area contributed by atoms with Crippen molar-refractivity contribution in [1.29, 1.82) is 0 Å². The highest BCUT2D eigenvalue weighted by Crippen LogP contribution is 1.42. The van der Waals surface area contributed by atoms with Gasteiger partial charge in [-0.25, -0.2) is 0 Å². The van der Waals surface area contributed by atoms with Gasteiger partial charge in [0.25, 0.3) is 5.97 Å². The minimum atomic E-state index is -0.833. The first-order valence-corrected chi connectivity index (χ1v) is 2.56. The fourth-order valence-corrected chi connectivity index (χ4v) is 0. The Hall–Kier alpha value is -0.353. The summed E-state index contributed by atoms with van der Waals surface area (Å²) in [7, 11) is 2.56. The summed E-state index contributed by atoms with van der Waals surface area (Å²) in [6, 6.07) is 0. The molecule has 7 heavy (non-hydrogen) atoms. The second-order valence-electron chi connectivity index (χ2n) is 0.927. The van der Waals surface area contributed by atoms with Crippen molar-refractivity contribution < 1.29 is 14.3 Å². The average molecular weight is 122 g/mol. The predicted molar refractivity (Wildman–Crippen MR) is 30.3 cm³/mol. The number of hydrogen-bond acceptors (Lipinski definition) is 2. The maximum atomic E-state index is 9.00. The summed E-state index contributed by atoms with van der Waals surface area (Å²) in [6.07, 6.45) is 0. The fraction of sp³-hybridized carbons (Fsp3) is 0.667. The topological polar surface area (TPSA) is 46.5 Å². The summed E-state index contributed by atoms with van der Waals surface area (Å²) in [4.78, 5) is 9.00. The summed E-state index contributed by atoms with van der Waals surface area (Å²) in [5.41, 5.74) is 0. The molecule has 0 aromatic carbocycles. The van der Waals surface area contributed by atoms with Crippen LogP contribution in [0.1, 0.15) is 6.92 Å². The molecule has 0 bridgehead atoms. The zero-order chi connectivity index (χ0) is 6.28. The van der Waals surface area contributed by atoms with Crippen molar-refractivity contribution >= 4 is 16.5 Å². The van der Waals surface area contributed by atoms with Gasteiger partial charge in [-0.3, -0.25) is 4.79 Å². The van der Waals surface area contributed by atoms with Gasteiger partial charge < -0.3 is 9.53 Å². The van der Waals surface area contributed by atoms with Crippen LogP contribution in [0.2, 0.25) is 0 Å². The predicted octanol–water partition coefficient (Wildman–Crippen LogP) is -0.996. The lowest BCUT2D eigenvalue weighted by atomic mass is 10.9. The largest absolute Gasteiger partial charge is 0.481 e. The molecule has 0 radical (unpaired) electrons. The summed E-state index contributed by atoms with van der Waals surface area (Å²) < 4.78 is 4.39. The Morgan fingerprint density at radius 1 is 1.86 bits per heavy atom. The van der Waals surface area contributed by atoms with Crippen LogP contribution in [0.3, 0.4) is 0 Å². The van der Waals surface area contributed by atoms with E-state index in [1.54, 1.807) is 7.11 Å². The SMILES string of the molecule is CC(=O)O.CO[SiH3]. The van der Waals surface area contributed by atoms with Gasteiger partial charge in [-0.1, -0.05) is 0 Å². The molecule has 0 aliphatic heterocycles. The Balaban J connectivity index is 0. The molecule has 0 saturated heterocycles. The van der Waals surface area contributed by atoms with Gasteiger partial charge >= 0.3 is 0 Å². The normalized spacial score (nSPS) is 6.57. The van der Waals surface area contributed by atoms with E-state index < -0.39 is 5.97 Å². The molecule has 0 rings (SSSR count). The van der Waals surface area contributed by atoms with Crippen LogP contribution in [0.25, 0.3) is 0 Å². The Labute approximate surface area is 45.8 Å². The van der Waals surface area contributed by atoms with Crippen LogP contribution < -0.4 is 0 Å². The standard InChI is InChI=1S/C2H4O2.CH6OSi/c1-2(3)4;1-2-3/h1H3,(H,3,4);1,3H3. The third-order valence-corrected chi connectivity index (χ3v) is 0. The molecule has 0 atom stereocenters. The number of carboxylic acids is 1. The van der Waals surface area contributed by atoms with Gasteiger partial charge in [-0.2, -0.15) is 0 Å². The van der Waals surface area contributed by atoms with Gasteiger partial charge in [0.15, 0.2) is 0 Å². The number of carboxylic acid groups (broad SMARTS) is 1. The van der Waals surface area contributed by atoms with E-state index in [1.165, 1.54) is 0 Å². The van der Waals surface area contributed by atoms with Crippen LogP contribution in [0, 0.1) is 0 Å². The molecule has 0 amide bonds. The molecule has 0 spiro atoms. The van der Waals surface area contributed by atoms with Gasteiger partial charge in [-0.05, 0) is 0 Å². The third-order valence-electron chi connectivity index (χ3n) is 0. The Morgan fingerprint density at radius 2 is 1.86 bits per heavy atom. The molecule has 1 N–H and O–H groups in total. The van der Waals surface area contributed by atoms with Crippen molar-refractivity contribution in [3.8, 4) is 0 Å². The minimum absolute atomic E-state index is 0.833. The zero-order valence-corrected chi connectivity index (χ0v) is 6.76. The van der Waals surface area contributed by atoms with E-state index >= 15 is 0 Å². The monoisotopic (exact) mass is 122 g/mol. The van der Waals surface area contributed by atoms with Crippen LogP contribution in [0.4, 0.5) is 0 Å². The van der Waals surface area contributed by atoms with Crippen molar-refractivity contribution in [3.05, 3.63) is 0 Å². The molecule has 0 aromatic rings. The van der Waals surface area contributed by atoms with Gasteiger partial charge in [0.1, 0.15) is 10.5 Å². The van der Waals surface area contributed by atoms with E-state index in [4.69, 9.17) is 9.90 Å². The van der Waals surface area contributed by atoms with Crippen LogP contribution >= 0.6 is 0 Å². The second kappa shape index (κ2) is 9.17. The number of rotatable bonds is 0. The van der Waals surface area contributed by atoms with Gasteiger partial charge in [0, 0.05) is 14.0 Å². The van der Waals surface area contributed by atoms with E-state index in [1.807, 2.05) is 0 Å². The first-order chi connectivity index (χ1) is 3.15. The Morgan fingerprint density at radius 3 is 1.86 bits per heavy atom. The first kappa shape index (κ1) is 9.82. The molecule has 0 unspecified atom stereocenters. The molecule has 4 heteroatoms. The van der Waals surface area contributed by atoms with Crippen molar-refractivity contribution in [2.75, 3.05) is 7.11 Å². The lowest BCUT2D eigenvalue weighted by molar-refractivity contribution is -0.134. The lowest BCUT2D eigenvalue weighted by Crippen LogP contribution is -1.78. The zero-order valence-electron chi connectivity index (χ0n) is 4.76. The highest BCUT2D eigenvalue weighted by Gasteiger charge is 1.65. The van der Waals surface area contributed by atoms with Crippen LogP contribution in [-0.4, -0.2) is 28.7 Å². The summed E-state index contributed by atoms with van der Waals surface area (Å²) in [6.45, 7) is 1.08. The number of aliphatic carboxylic acids is 1. The smallest absolute Gasteiger partial charge is 0.300 e.